The van der Waals surface area contributed by atoms with E-state index in [2.05, 4.69) is 20.8 Å². The summed E-state index contributed by atoms with van der Waals surface area (Å²) >= 11 is 5.97. The molecule has 1 fully saturated rings. The van der Waals surface area contributed by atoms with Crippen molar-refractivity contribution >= 4 is 40.9 Å². The highest BCUT2D eigenvalue weighted by Gasteiger charge is 2.24. The Kier molecular flexibility index (Phi) is 6.93. The van der Waals surface area contributed by atoms with Crippen LogP contribution in [-0.4, -0.2) is 27.2 Å². The summed E-state index contributed by atoms with van der Waals surface area (Å²) in [5.41, 5.74) is 3.48. The number of carbonyl (C=O) groups is 2. The van der Waals surface area contributed by atoms with Gasteiger partial charge in [-0.15, -0.1) is 5.10 Å². The molecule has 0 atom stereocenters. The van der Waals surface area contributed by atoms with Crippen LogP contribution >= 0.6 is 11.6 Å². The summed E-state index contributed by atoms with van der Waals surface area (Å²) in [4.78, 5) is 23.4. The number of benzene rings is 2. The second-order valence-electron chi connectivity index (χ2n) is 8.39. The van der Waals surface area contributed by atoms with E-state index in [0.29, 0.717) is 16.6 Å². The molecule has 0 bridgehead atoms. The maximum atomic E-state index is 12.5. The Morgan fingerprint density at radius 2 is 1.82 bits per heavy atom. The molecule has 1 heterocycles. The van der Waals surface area contributed by atoms with Crippen LogP contribution in [0.5, 0.6) is 0 Å². The van der Waals surface area contributed by atoms with Crippen LogP contribution in [0.3, 0.4) is 0 Å². The summed E-state index contributed by atoms with van der Waals surface area (Å²) < 4.78 is 5.44. The van der Waals surface area contributed by atoms with Gasteiger partial charge in [-0.2, -0.15) is 0 Å². The first-order valence-corrected chi connectivity index (χ1v) is 11.2. The highest BCUT2D eigenvalue weighted by molar-refractivity contribution is 6.30. The zero-order valence-corrected chi connectivity index (χ0v) is 18.9. The monoisotopic (exact) mass is 468 g/mol. The van der Waals surface area contributed by atoms with Crippen molar-refractivity contribution in [3.05, 3.63) is 64.5 Å². The Morgan fingerprint density at radius 3 is 2.48 bits per heavy atom. The standard InChI is InChI=1S/C24H25ClN4O4/c1-14-12-18(25)8-11-20(14)27-24-29-28-23(33-24)22(32)26-19-9-6-17(7-10-19)16-4-2-15(3-5-16)13-21(30)31/h6-12,15-16H,2-5,13H2,1H3,(H,26,32)(H,27,29)(H,30,31)/t15-,16-. The molecule has 1 amide bonds. The average Bonchev–Trinajstić information content (AvgIpc) is 3.25. The minimum absolute atomic E-state index is 0.111. The van der Waals surface area contributed by atoms with Crippen LogP contribution in [0, 0.1) is 12.8 Å². The van der Waals surface area contributed by atoms with Crippen LogP contribution in [0.15, 0.2) is 46.9 Å². The number of aromatic nitrogens is 2. The van der Waals surface area contributed by atoms with Crippen LogP contribution < -0.4 is 10.6 Å². The van der Waals surface area contributed by atoms with Gasteiger partial charge in [0.05, 0.1) is 0 Å². The summed E-state index contributed by atoms with van der Waals surface area (Å²) in [6.07, 6.45) is 4.07. The predicted molar refractivity (Wildman–Crippen MR) is 125 cm³/mol. The lowest BCUT2D eigenvalue weighted by Crippen LogP contribution is -2.16. The van der Waals surface area contributed by atoms with Crippen LogP contribution in [0.4, 0.5) is 17.4 Å². The van der Waals surface area contributed by atoms with Crippen molar-refractivity contribution in [3.63, 3.8) is 0 Å². The van der Waals surface area contributed by atoms with E-state index in [4.69, 9.17) is 21.1 Å². The molecule has 1 aromatic heterocycles. The van der Waals surface area contributed by atoms with Crippen LogP contribution in [0.1, 0.15) is 59.8 Å². The third-order valence-corrected chi connectivity index (χ3v) is 6.23. The van der Waals surface area contributed by atoms with Crippen molar-refractivity contribution in [2.75, 3.05) is 10.6 Å². The number of anilines is 3. The number of halogens is 1. The third kappa shape index (κ3) is 5.90. The fourth-order valence-corrected chi connectivity index (χ4v) is 4.44. The molecule has 4 rings (SSSR count). The number of hydrogen-bond donors (Lipinski definition) is 3. The second-order valence-corrected chi connectivity index (χ2v) is 8.82. The normalized spacial score (nSPS) is 18.0. The predicted octanol–water partition coefficient (Wildman–Crippen LogP) is 5.78. The molecule has 0 radical (unpaired) electrons. The molecule has 1 aliphatic carbocycles. The zero-order chi connectivity index (χ0) is 23.4. The summed E-state index contributed by atoms with van der Waals surface area (Å²) in [5.74, 6) is -0.673. The lowest BCUT2D eigenvalue weighted by atomic mass is 9.77. The molecule has 3 N–H and O–H groups in total. The van der Waals surface area contributed by atoms with Gasteiger partial charge in [0.15, 0.2) is 0 Å². The van der Waals surface area contributed by atoms with Gasteiger partial charge in [-0.3, -0.25) is 9.59 Å². The van der Waals surface area contributed by atoms with E-state index in [1.807, 2.05) is 31.2 Å². The topological polar surface area (TPSA) is 117 Å². The maximum absolute atomic E-state index is 12.5. The molecular formula is C24H25ClN4O4. The Labute approximate surface area is 196 Å². The van der Waals surface area contributed by atoms with Gasteiger partial charge in [-0.05, 0) is 85.9 Å². The molecule has 3 aromatic rings. The van der Waals surface area contributed by atoms with Crippen molar-refractivity contribution < 1.29 is 19.1 Å². The van der Waals surface area contributed by atoms with Gasteiger partial charge in [0.2, 0.25) is 0 Å². The molecule has 2 aromatic carbocycles. The minimum Gasteiger partial charge on any atom is -0.481 e. The Hall–Kier alpha value is -3.39. The summed E-state index contributed by atoms with van der Waals surface area (Å²) in [7, 11) is 0. The molecule has 9 heteroatoms. The highest BCUT2D eigenvalue weighted by atomic mass is 35.5. The van der Waals surface area contributed by atoms with Crippen LogP contribution in [0.2, 0.25) is 5.02 Å². The smallest absolute Gasteiger partial charge is 0.320 e. The SMILES string of the molecule is Cc1cc(Cl)ccc1Nc1nnc(C(=O)Nc2ccc([C@H]3CC[C@H](CC(=O)O)CC3)cc2)o1. The van der Waals surface area contributed by atoms with E-state index in [1.54, 1.807) is 18.2 Å². The summed E-state index contributed by atoms with van der Waals surface area (Å²) in [6, 6.07) is 13.2. The number of aryl methyl sites for hydroxylation is 1. The highest BCUT2D eigenvalue weighted by Crippen LogP contribution is 2.37. The molecule has 1 saturated carbocycles. The lowest BCUT2D eigenvalue weighted by molar-refractivity contribution is -0.138. The minimum atomic E-state index is -0.720. The number of amides is 1. The molecule has 0 spiro atoms. The van der Waals surface area contributed by atoms with E-state index in [0.717, 1.165) is 36.9 Å². The van der Waals surface area contributed by atoms with E-state index < -0.39 is 11.9 Å². The molecular weight excluding hydrogens is 444 g/mol. The maximum Gasteiger partial charge on any atom is 0.320 e. The lowest BCUT2D eigenvalue weighted by Gasteiger charge is -2.28. The summed E-state index contributed by atoms with van der Waals surface area (Å²) in [5, 5.41) is 23.0. The molecule has 0 aliphatic heterocycles. The van der Waals surface area contributed by atoms with Gasteiger partial charge in [-0.1, -0.05) is 28.8 Å². The number of carboxylic acids is 1. The fourth-order valence-electron chi connectivity index (χ4n) is 4.22. The zero-order valence-electron chi connectivity index (χ0n) is 18.2. The van der Waals surface area contributed by atoms with Gasteiger partial charge < -0.3 is 20.2 Å². The van der Waals surface area contributed by atoms with E-state index >= 15 is 0 Å². The number of carboxylic acid groups (broad SMARTS) is 1. The Balaban J connectivity index is 1.32. The molecule has 172 valence electrons. The first-order valence-electron chi connectivity index (χ1n) is 10.9. The largest absolute Gasteiger partial charge is 0.481 e. The van der Waals surface area contributed by atoms with Gasteiger partial charge in [-0.25, -0.2) is 0 Å². The van der Waals surface area contributed by atoms with Crippen molar-refractivity contribution in [3.8, 4) is 0 Å². The summed E-state index contributed by atoms with van der Waals surface area (Å²) in [6.45, 7) is 1.89. The van der Waals surface area contributed by atoms with Gasteiger partial charge >= 0.3 is 23.8 Å². The number of rotatable bonds is 7. The number of hydrogen-bond acceptors (Lipinski definition) is 6. The number of nitrogens with one attached hydrogen (secondary N) is 2. The van der Waals surface area contributed by atoms with Crippen molar-refractivity contribution in [2.45, 2.75) is 44.9 Å². The van der Waals surface area contributed by atoms with E-state index in [9.17, 15) is 9.59 Å². The number of aliphatic carboxylic acids is 1. The van der Waals surface area contributed by atoms with Gasteiger partial charge in [0.1, 0.15) is 0 Å². The quantitative estimate of drug-likeness (QED) is 0.402. The Bertz CT molecular complexity index is 1140. The second kappa shape index (κ2) is 10.0. The molecule has 8 nitrogen and oxygen atoms in total. The number of carbonyl (C=O) groups excluding carboxylic acids is 1. The molecule has 1 aliphatic rings. The van der Waals surface area contributed by atoms with Crippen LogP contribution in [-0.2, 0) is 4.79 Å². The number of nitrogens with zero attached hydrogens (tertiary/aromatic N) is 2. The molecule has 33 heavy (non-hydrogen) atoms. The van der Waals surface area contributed by atoms with Crippen LogP contribution in [0.25, 0.3) is 0 Å². The van der Waals surface area contributed by atoms with Gasteiger partial charge in [0.25, 0.3) is 0 Å². The average molecular weight is 469 g/mol. The first-order chi connectivity index (χ1) is 15.9. The van der Waals surface area contributed by atoms with Crippen molar-refractivity contribution in [1.29, 1.82) is 0 Å². The third-order valence-electron chi connectivity index (χ3n) is 6.00. The first kappa shape index (κ1) is 22.8. The molecule has 0 unspecified atom stereocenters. The van der Waals surface area contributed by atoms with E-state index in [-0.39, 0.29) is 24.2 Å². The van der Waals surface area contributed by atoms with Crippen molar-refractivity contribution in [2.24, 2.45) is 5.92 Å². The Morgan fingerprint density at radius 1 is 1.09 bits per heavy atom. The van der Waals surface area contributed by atoms with Gasteiger partial charge in [0, 0.05) is 22.8 Å². The molecule has 0 saturated heterocycles. The van der Waals surface area contributed by atoms with E-state index in [1.165, 1.54) is 5.56 Å². The fraction of sp³-hybridized carbons (Fsp3) is 0.333. The van der Waals surface area contributed by atoms with Crippen molar-refractivity contribution in [1.82, 2.24) is 10.2 Å².